The van der Waals surface area contributed by atoms with Gasteiger partial charge in [0.25, 0.3) is 0 Å². The Bertz CT molecular complexity index is 558. The van der Waals surface area contributed by atoms with E-state index >= 15 is 0 Å². The molecule has 0 spiro atoms. The van der Waals surface area contributed by atoms with Gasteiger partial charge in [0.15, 0.2) is 15.7 Å². The lowest BCUT2D eigenvalue weighted by molar-refractivity contribution is 0.595. The molecule has 1 saturated carbocycles. The quantitative estimate of drug-likeness (QED) is 0.912. The van der Waals surface area contributed by atoms with Crippen molar-refractivity contribution in [3.63, 3.8) is 0 Å². The molecule has 1 aromatic rings. The molecule has 0 amide bonds. The molecule has 2 aliphatic rings. The number of rotatable bonds is 3. The maximum absolute atomic E-state index is 12.5. The molecule has 106 valence electrons. The van der Waals surface area contributed by atoms with Gasteiger partial charge in [-0.2, -0.15) is 16.1 Å². The van der Waals surface area contributed by atoms with Crippen LogP contribution in [0, 0.1) is 0 Å². The summed E-state index contributed by atoms with van der Waals surface area (Å²) in [5, 5.41) is 0.526. The van der Waals surface area contributed by atoms with E-state index in [1.165, 1.54) is 11.5 Å². The lowest BCUT2D eigenvalue weighted by atomic mass is 10.4. The van der Waals surface area contributed by atoms with Crippen molar-refractivity contribution < 1.29 is 8.42 Å². The monoisotopic (exact) mass is 319 g/mol. The van der Waals surface area contributed by atoms with Crippen LogP contribution in [0.15, 0.2) is 4.90 Å². The Hall–Kier alpha value is -0.470. The molecular weight excluding hydrogens is 302 g/mol. The second-order valence-corrected chi connectivity index (χ2v) is 9.04. The number of nitrogens with zero attached hydrogens (tertiary/aromatic N) is 2. The number of nitrogen functional groups attached to an aromatic ring is 1. The normalized spacial score (nSPS) is 21.4. The number of thioether (sulfide) groups is 1. The average molecular weight is 319 g/mol. The van der Waals surface area contributed by atoms with E-state index in [-0.39, 0.29) is 11.1 Å². The van der Waals surface area contributed by atoms with E-state index < -0.39 is 9.84 Å². The third kappa shape index (κ3) is 2.57. The van der Waals surface area contributed by atoms with Crippen LogP contribution in [-0.2, 0) is 9.84 Å². The number of sulfone groups is 1. The molecule has 1 aliphatic carbocycles. The topological polar surface area (TPSA) is 76.3 Å². The Morgan fingerprint density at radius 1 is 1.26 bits per heavy atom. The van der Waals surface area contributed by atoms with Crippen LogP contribution in [0.2, 0.25) is 0 Å². The van der Waals surface area contributed by atoms with Gasteiger partial charge in [-0.1, -0.05) is 0 Å². The van der Waals surface area contributed by atoms with Crippen LogP contribution in [0.25, 0.3) is 0 Å². The van der Waals surface area contributed by atoms with Gasteiger partial charge in [-0.15, -0.1) is 0 Å². The van der Waals surface area contributed by atoms with Gasteiger partial charge in [-0.05, 0) is 36.5 Å². The standard InChI is InChI=1S/C11H17N3O2S3/c12-10-9(19(15,16)8-2-3-8)11(18-13-10)14-4-1-6-17-7-5-14/h8H,1-7H2,(H2,12,13). The highest BCUT2D eigenvalue weighted by molar-refractivity contribution is 7.99. The summed E-state index contributed by atoms with van der Waals surface area (Å²) in [5.41, 5.74) is 5.83. The summed E-state index contributed by atoms with van der Waals surface area (Å²) in [6.07, 6.45) is 2.59. The smallest absolute Gasteiger partial charge is 0.187 e. The summed E-state index contributed by atoms with van der Waals surface area (Å²) < 4.78 is 29.1. The molecule has 2 fully saturated rings. The van der Waals surface area contributed by atoms with E-state index in [1.807, 2.05) is 11.8 Å². The van der Waals surface area contributed by atoms with Crippen LogP contribution in [-0.4, -0.2) is 42.6 Å². The minimum Gasteiger partial charge on any atom is -0.382 e. The Morgan fingerprint density at radius 3 is 2.79 bits per heavy atom. The fraction of sp³-hybridized carbons (Fsp3) is 0.727. The average Bonchev–Trinajstić information content (AvgIpc) is 3.17. The summed E-state index contributed by atoms with van der Waals surface area (Å²) >= 11 is 3.14. The molecule has 1 aliphatic heterocycles. The van der Waals surface area contributed by atoms with Crippen molar-refractivity contribution in [2.75, 3.05) is 35.2 Å². The van der Waals surface area contributed by atoms with Gasteiger partial charge >= 0.3 is 0 Å². The second-order valence-electron chi connectivity index (χ2n) is 4.90. The van der Waals surface area contributed by atoms with Crippen LogP contribution in [0.5, 0.6) is 0 Å². The highest BCUT2D eigenvalue weighted by atomic mass is 32.2. The van der Waals surface area contributed by atoms with Gasteiger partial charge in [0.05, 0.1) is 5.25 Å². The van der Waals surface area contributed by atoms with E-state index in [0.717, 1.165) is 48.9 Å². The SMILES string of the molecule is Nc1nsc(N2CCCSCC2)c1S(=O)(=O)C1CC1. The zero-order chi connectivity index (χ0) is 13.5. The third-order valence-electron chi connectivity index (χ3n) is 3.41. The van der Waals surface area contributed by atoms with Crippen molar-refractivity contribution in [3.05, 3.63) is 0 Å². The molecule has 0 unspecified atom stereocenters. The lowest BCUT2D eigenvalue weighted by Crippen LogP contribution is -2.26. The summed E-state index contributed by atoms with van der Waals surface area (Å²) in [6, 6.07) is 0. The van der Waals surface area contributed by atoms with Gasteiger partial charge in [0.1, 0.15) is 9.90 Å². The molecule has 2 heterocycles. The molecule has 0 aromatic carbocycles. The first-order chi connectivity index (χ1) is 9.10. The number of hydrogen-bond acceptors (Lipinski definition) is 7. The molecular formula is C11H17N3O2S3. The fourth-order valence-electron chi connectivity index (χ4n) is 2.25. The number of hydrogen-bond donors (Lipinski definition) is 1. The Balaban J connectivity index is 1.98. The van der Waals surface area contributed by atoms with Gasteiger partial charge in [0.2, 0.25) is 0 Å². The molecule has 5 nitrogen and oxygen atoms in total. The first-order valence-corrected chi connectivity index (χ1v) is 9.90. The molecule has 2 N–H and O–H groups in total. The van der Waals surface area contributed by atoms with E-state index in [2.05, 4.69) is 9.27 Å². The number of nitrogens with two attached hydrogens (primary N) is 1. The van der Waals surface area contributed by atoms with E-state index in [1.54, 1.807) is 0 Å². The molecule has 3 rings (SSSR count). The first-order valence-electron chi connectivity index (χ1n) is 6.42. The third-order valence-corrected chi connectivity index (χ3v) is 7.84. The Labute approximate surface area is 121 Å². The summed E-state index contributed by atoms with van der Waals surface area (Å²) in [5.74, 6) is 2.35. The summed E-state index contributed by atoms with van der Waals surface area (Å²) in [6.45, 7) is 1.77. The molecule has 8 heteroatoms. The molecule has 0 radical (unpaired) electrons. The maximum Gasteiger partial charge on any atom is 0.187 e. The first kappa shape index (κ1) is 13.5. The molecule has 19 heavy (non-hydrogen) atoms. The molecule has 1 saturated heterocycles. The van der Waals surface area contributed by atoms with Gasteiger partial charge in [-0.3, -0.25) is 0 Å². The van der Waals surface area contributed by atoms with Crippen molar-refractivity contribution in [1.29, 1.82) is 0 Å². The Morgan fingerprint density at radius 2 is 2.05 bits per heavy atom. The van der Waals surface area contributed by atoms with Crippen molar-refractivity contribution >= 4 is 44.0 Å². The van der Waals surface area contributed by atoms with Crippen molar-refractivity contribution in [2.45, 2.75) is 29.4 Å². The number of anilines is 2. The maximum atomic E-state index is 12.5. The van der Waals surface area contributed by atoms with E-state index in [9.17, 15) is 8.42 Å². The van der Waals surface area contributed by atoms with Crippen molar-refractivity contribution in [2.24, 2.45) is 0 Å². The fourth-order valence-corrected chi connectivity index (χ4v) is 6.21. The molecule has 1 aromatic heterocycles. The van der Waals surface area contributed by atoms with Gasteiger partial charge in [0, 0.05) is 18.8 Å². The molecule has 0 atom stereocenters. The zero-order valence-corrected chi connectivity index (χ0v) is 13.0. The summed E-state index contributed by atoms with van der Waals surface area (Å²) in [7, 11) is -3.27. The largest absolute Gasteiger partial charge is 0.382 e. The van der Waals surface area contributed by atoms with E-state index in [4.69, 9.17) is 5.73 Å². The van der Waals surface area contributed by atoms with Crippen LogP contribution >= 0.6 is 23.3 Å². The van der Waals surface area contributed by atoms with Crippen molar-refractivity contribution in [1.82, 2.24) is 4.37 Å². The lowest BCUT2D eigenvalue weighted by Gasteiger charge is -2.21. The minimum absolute atomic E-state index is 0.184. The minimum atomic E-state index is -3.27. The number of aromatic nitrogens is 1. The summed E-state index contributed by atoms with van der Waals surface area (Å²) in [4.78, 5) is 2.44. The highest BCUT2D eigenvalue weighted by Crippen LogP contribution is 2.42. The van der Waals surface area contributed by atoms with E-state index in [0.29, 0.717) is 4.90 Å². The van der Waals surface area contributed by atoms with Crippen molar-refractivity contribution in [3.8, 4) is 0 Å². The zero-order valence-electron chi connectivity index (χ0n) is 10.5. The molecule has 0 bridgehead atoms. The predicted molar refractivity (Wildman–Crippen MR) is 80.9 cm³/mol. The van der Waals surface area contributed by atoms with Gasteiger partial charge < -0.3 is 10.6 Å². The Kier molecular flexibility index (Phi) is 3.65. The second kappa shape index (κ2) is 5.14. The van der Waals surface area contributed by atoms with Crippen LogP contribution in [0.3, 0.4) is 0 Å². The highest BCUT2D eigenvalue weighted by Gasteiger charge is 2.41. The van der Waals surface area contributed by atoms with Crippen LogP contribution in [0.1, 0.15) is 19.3 Å². The van der Waals surface area contributed by atoms with Crippen LogP contribution in [0.4, 0.5) is 10.8 Å². The predicted octanol–water partition coefficient (Wildman–Crippen LogP) is 1.60. The van der Waals surface area contributed by atoms with Crippen LogP contribution < -0.4 is 10.6 Å². The van der Waals surface area contributed by atoms with Gasteiger partial charge in [-0.25, -0.2) is 8.42 Å².